The highest BCUT2D eigenvalue weighted by Crippen LogP contribution is 2.44. The van der Waals surface area contributed by atoms with Crippen LogP contribution >= 0.6 is 0 Å². The first kappa shape index (κ1) is 17.4. The van der Waals surface area contributed by atoms with Gasteiger partial charge in [0, 0.05) is 74.0 Å². The zero-order valence-corrected chi connectivity index (χ0v) is 16.9. The van der Waals surface area contributed by atoms with Crippen molar-refractivity contribution >= 4 is 16.9 Å². The summed E-state index contributed by atoms with van der Waals surface area (Å²) in [6, 6.07) is 9.76. The van der Waals surface area contributed by atoms with Gasteiger partial charge in [0.1, 0.15) is 0 Å². The summed E-state index contributed by atoms with van der Waals surface area (Å²) in [7, 11) is 2.15. The molecule has 0 spiro atoms. The maximum atomic E-state index is 5.48. The Morgan fingerprint density at radius 3 is 2.90 bits per heavy atom. The van der Waals surface area contributed by atoms with Crippen LogP contribution in [0.15, 0.2) is 36.7 Å². The Hall–Kier alpha value is -2.44. The number of aromatic nitrogens is 3. The van der Waals surface area contributed by atoms with Gasteiger partial charge in [-0.05, 0) is 24.5 Å². The van der Waals surface area contributed by atoms with Crippen LogP contribution in [0.2, 0.25) is 0 Å². The standard InChI is InChI=1S/C23H27N5O/c1-26-14-16(18-4-2-3-5-21(18)26)15-28-17-6-7-22(28)19-13-24-23(25-20(19)12-17)27-8-10-29-11-9-27/h2-5,13-14,17,22H,6-12,15H2,1H3/t17-,22-/m1/s1. The molecule has 2 saturated heterocycles. The van der Waals surface area contributed by atoms with E-state index in [-0.39, 0.29) is 0 Å². The van der Waals surface area contributed by atoms with Gasteiger partial charge >= 0.3 is 0 Å². The molecule has 2 atom stereocenters. The molecule has 0 amide bonds. The van der Waals surface area contributed by atoms with Gasteiger partial charge in [-0.15, -0.1) is 0 Å². The van der Waals surface area contributed by atoms with Crippen molar-refractivity contribution in [3.8, 4) is 0 Å². The molecule has 5 heterocycles. The molecule has 1 aromatic carbocycles. The summed E-state index contributed by atoms with van der Waals surface area (Å²) in [6.45, 7) is 4.31. The third-order valence-electron chi connectivity index (χ3n) is 6.94. The van der Waals surface area contributed by atoms with Crippen molar-refractivity contribution in [1.82, 2.24) is 19.4 Å². The summed E-state index contributed by atoms with van der Waals surface area (Å²) in [5.74, 6) is 0.883. The summed E-state index contributed by atoms with van der Waals surface area (Å²) in [4.78, 5) is 14.7. The number of hydrogen-bond donors (Lipinski definition) is 0. The lowest BCUT2D eigenvalue weighted by molar-refractivity contribution is 0.122. The lowest BCUT2D eigenvalue weighted by Gasteiger charge is -2.36. The van der Waals surface area contributed by atoms with Gasteiger partial charge in [0.05, 0.1) is 18.9 Å². The Labute approximate surface area is 171 Å². The summed E-state index contributed by atoms with van der Waals surface area (Å²) in [5, 5.41) is 1.37. The Balaban J connectivity index is 1.30. The number of aryl methyl sites for hydroxylation is 1. The molecule has 0 N–H and O–H groups in total. The molecule has 6 nitrogen and oxygen atoms in total. The van der Waals surface area contributed by atoms with E-state index in [1.165, 1.54) is 40.6 Å². The monoisotopic (exact) mass is 389 g/mol. The molecular weight excluding hydrogens is 362 g/mol. The van der Waals surface area contributed by atoms with Crippen LogP contribution in [-0.4, -0.2) is 51.8 Å². The normalized spacial score (nSPS) is 24.2. The molecule has 3 aliphatic rings. The number of anilines is 1. The van der Waals surface area contributed by atoms with Crippen molar-refractivity contribution in [3.05, 3.63) is 53.5 Å². The first-order valence-corrected chi connectivity index (χ1v) is 10.7. The lowest BCUT2D eigenvalue weighted by Crippen LogP contribution is -2.40. The first-order valence-electron chi connectivity index (χ1n) is 10.7. The van der Waals surface area contributed by atoms with E-state index in [9.17, 15) is 0 Å². The van der Waals surface area contributed by atoms with Crippen molar-refractivity contribution in [2.75, 3.05) is 31.2 Å². The average molecular weight is 390 g/mol. The molecule has 6 rings (SSSR count). The first-order chi connectivity index (χ1) is 14.3. The van der Waals surface area contributed by atoms with E-state index in [1.54, 1.807) is 0 Å². The third-order valence-corrected chi connectivity index (χ3v) is 6.94. The maximum Gasteiger partial charge on any atom is 0.225 e. The fourth-order valence-electron chi connectivity index (χ4n) is 5.47. The van der Waals surface area contributed by atoms with Crippen molar-refractivity contribution < 1.29 is 4.74 Å². The van der Waals surface area contributed by atoms with E-state index in [0.29, 0.717) is 12.1 Å². The van der Waals surface area contributed by atoms with Crippen LogP contribution < -0.4 is 4.90 Å². The van der Waals surface area contributed by atoms with Gasteiger partial charge in [0.2, 0.25) is 5.95 Å². The Morgan fingerprint density at radius 2 is 2.00 bits per heavy atom. The number of nitrogens with zero attached hydrogens (tertiary/aromatic N) is 5. The third kappa shape index (κ3) is 2.85. The molecule has 3 aliphatic heterocycles. The molecule has 3 aromatic rings. The number of ether oxygens (including phenoxy) is 1. The van der Waals surface area contributed by atoms with Gasteiger partial charge in [-0.3, -0.25) is 4.90 Å². The molecule has 150 valence electrons. The molecule has 0 saturated carbocycles. The SMILES string of the molecule is Cn1cc(CN2[C@@H]3CC[C@@H]2c2cnc(N4CCOCC4)nc2C3)c2ccccc21. The molecular formula is C23H27N5O. The molecule has 0 aliphatic carbocycles. The molecule has 29 heavy (non-hydrogen) atoms. The van der Waals surface area contributed by atoms with Gasteiger partial charge in [0.25, 0.3) is 0 Å². The molecule has 0 unspecified atom stereocenters. The number of hydrogen-bond acceptors (Lipinski definition) is 5. The second-order valence-corrected chi connectivity index (χ2v) is 8.58. The van der Waals surface area contributed by atoms with Gasteiger partial charge in [0.15, 0.2) is 0 Å². The number of rotatable bonds is 3. The zero-order chi connectivity index (χ0) is 19.4. The number of para-hydroxylation sites is 1. The summed E-state index contributed by atoms with van der Waals surface area (Å²) >= 11 is 0. The molecule has 2 aromatic heterocycles. The lowest BCUT2D eigenvalue weighted by atomic mass is 9.98. The predicted molar refractivity (Wildman–Crippen MR) is 113 cm³/mol. The van der Waals surface area contributed by atoms with Gasteiger partial charge in [-0.1, -0.05) is 18.2 Å². The number of fused-ring (bicyclic) bond motifs is 5. The van der Waals surface area contributed by atoms with E-state index in [1.807, 2.05) is 0 Å². The topological polar surface area (TPSA) is 46.4 Å². The van der Waals surface area contributed by atoms with Gasteiger partial charge in [-0.2, -0.15) is 0 Å². The van der Waals surface area contributed by atoms with Gasteiger partial charge in [-0.25, -0.2) is 9.97 Å². The molecule has 6 heteroatoms. The summed E-state index contributed by atoms with van der Waals surface area (Å²) < 4.78 is 7.73. The number of morpholine rings is 1. The minimum absolute atomic E-state index is 0.446. The minimum atomic E-state index is 0.446. The highest BCUT2D eigenvalue weighted by molar-refractivity contribution is 5.83. The van der Waals surface area contributed by atoms with E-state index in [2.05, 4.69) is 58.1 Å². The van der Waals surface area contributed by atoms with Crippen molar-refractivity contribution in [2.45, 2.75) is 37.9 Å². The highest BCUT2D eigenvalue weighted by Gasteiger charge is 2.41. The highest BCUT2D eigenvalue weighted by atomic mass is 16.5. The smallest absolute Gasteiger partial charge is 0.225 e. The summed E-state index contributed by atoms with van der Waals surface area (Å²) in [5.41, 5.74) is 5.35. The Morgan fingerprint density at radius 1 is 1.14 bits per heavy atom. The second-order valence-electron chi connectivity index (χ2n) is 8.58. The maximum absolute atomic E-state index is 5.48. The summed E-state index contributed by atoms with van der Waals surface area (Å²) in [6.07, 6.45) is 7.91. The van der Waals surface area contributed by atoms with Crippen LogP contribution in [0.4, 0.5) is 5.95 Å². The van der Waals surface area contributed by atoms with Crippen molar-refractivity contribution in [2.24, 2.45) is 7.05 Å². The Kier molecular flexibility index (Phi) is 4.09. The molecule has 2 bridgehead atoms. The van der Waals surface area contributed by atoms with Crippen LogP contribution in [0.3, 0.4) is 0 Å². The van der Waals surface area contributed by atoms with Crippen molar-refractivity contribution in [1.29, 1.82) is 0 Å². The minimum Gasteiger partial charge on any atom is -0.378 e. The molecule has 2 fully saturated rings. The second kappa shape index (κ2) is 6.82. The fraction of sp³-hybridized carbons (Fsp3) is 0.478. The van der Waals surface area contributed by atoms with Crippen LogP contribution in [0.25, 0.3) is 10.9 Å². The van der Waals surface area contributed by atoms with Crippen molar-refractivity contribution in [3.63, 3.8) is 0 Å². The Bertz CT molecular complexity index is 1050. The predicted octanol–water partition coefficient (Wildman–Crippen LogP) is 3.07. The van der Waals surface area contributed by atoms with Crippen LogP contribution in [0.1, 0.15) is 35.7 Å². The average Bonchev–Trinajstić information content (AvgIpc) is 3.23. The van der Waals surface area contributed by atoms with Crippen LogP contribution in [-0.2, 0) is 24.8 Å². The number of benzene rings is 1. The fourth-order valence-corrected chi connectivity index (χ4v) is 5.47. The van der Waals surface area contributed by atoms with Crippen LogP contribution in [0.5, 0.6) is 0 Å². The van der Waals surface area contributed by atoms with E-state index < -0.39 is 0 Å². The largest absolute Gasteiger partial charge is 0.378 e. The van der Waals surface area contributed by atoms with E-state index >= 15 is 0 Å². The molecule has 0 radical (unpaired) electrons. The van der Waals surface area contributed by atoms with Gasteiger partial charge < -0.3 is 14.2 Å². The quantitative estimate of drug-likeness (QED) is 0.689. The zero-order valence-electron chi connectivity index (χ0n) is 16.9. The van der Waals surface area contributed by atoms with E-state index in [0.717, 1.165) is 45.2 Å². The van der Waals surface area contributed by atoms with Crippen LogP contribution in [0, 0.1) is 0 Å². The van der Waals surface area contributed by atoms with E-state index in [4.69, 9.17) is 14.7 Å².